The third-order valence-corrected chi connectivity index (χ3v) is 10.4. The third kappa shape index (κ3) is 16.9. The number of hydrazine groups is 1. The molecule has 0 radical (unpaired) electrons. The number of hydrogen-bond acceptors (Lipinski definition) is 10. The van der Waals surface area contributed by atoms with E-state index in [1.165, 1.54) is 103 Å². The first-order chi connectivity index (χ1) is 22.8. The highest BCUT2D eigenvalue weighted by molar-refractivity contribution is 4.93. The van der Waals surface area contributed by atoms with Gasteiger partial charge in [-0.1, -0.05) is 142 Å². The van der Waals surface area contributed by atoms with Crippen LogP contribution in [0.4, 0.5) is 0 Å². The SMILES string of the molecule is CCCCCCCCCCCCCC[C@@H](O)[C@@H](O)[C@H](COC1OC(CO)C(O)C(O)C1O)C1CC(CCCCCCCCCC)NN1. The van der Waals surface area contributed by atoms with Crippen LogP contribution in [0.1, 0.15) is 162 Å². The molecule has 2 aliphatic heterocycles. The standard InChI is InChI=1S/C37H74N2O8/c1-3-5-7-9-11-13-14-15-16-18-20-22-24-31(41)33(42)29(27-46-37-36(45)35(44)34(43)32(26-40)47-37)30-25-28(38-39-30)23-21-19-17-12-10-8-6-4-2/h28-45H,3-27H2,1-2H3/t28?,29-,30?,31-,32?,33+,34?,35?,36?,37?/m1/s1. The Balaban J connectivity index is 1.81. The molecule has 2 heterocycles. The first-order valence-corrected chi connectivity index (χ1v) is 19.6. The van der Waals surface area contributed by atoms with Crippen molar-refractivity contribution in [2.24, 2.45) is 5.92 Å². The summed E-state index contributed by atoms with van der Waals surface area (Å²) in [5, 5.41) is 62.8. The Morgan fingerprint density at radius 2 is 1.17 bits per heavy atom. The normalized spacial score (nSPS) is 28.5. The molecule has 0 aromatic heterocycles. The van der Waals surface area contributed by atoms with Gasteiger partial charge in [0.15, 0.2) is 6.29 Å². The topological polar surface area (TPSA) is 164 Å². The second-order valence-corrected chi connectivity index (χ2v) is 14.5. The summed E-state index contributed by atoms with van der Waals surface area (Å²) in [6.45, 7) is 3.91. The van der Waals surface area contributed by atoms with Crippen molar-refractivity contribution in [2.45, 2.75) is 217 Å². The van der Waals surface area contributed by atoms with Crippen LogP contribution in [0.5, 0.6) is 0 Å². The zero-order valence-electron chi connectivity index (χ0n) is 30.0. The Bertz CT molecular complexity index is 734. The Kier molecular flexibility index (Phi) is 24.0. The van der Waals surface area contributed by atoms with E-state index >= 15 is 0 Å². The van der Waals surface area contributed by atoms with Crippen molar-refractivity contribution in [1.29, 1.82) is 0 Å². The van der Waals surface area contributed by atoms with Gasteiger partial charge in [0.25, 0.3) is 0 Å². The highest BCUT2D eigenvalue weighted by atomic mass is 16.7. The summed E-state index contributed by atoms with van der Waals surface area (Å²) in [6.07, 6.45) is 18.3. The van der Waals surface area contributed by atoms with E-state index in [-0.39, 0.29) is 18.7 Å². The summed E-state index contributed by atoms with van der Waals surface area (Å²) in [7, 11) is 0. The first-order valence-electron chi connectivity index (χ1n) is 19.6. The quantitative estimate of drug-likeness (QED) is 0.0507. The van der Waals surface area contributed by atoms with Crippen LogP contribution >= 0.6 is 0 Å². The summed E-state index contributed by atoms with van der Waals surface area (Å²) >= 11 is 0. The van der Waals surface area contributed by atoms with Gasteiger partial charge in [0.2, 0.25) is 0 Å². The molecular formula is C37H74N2O8. The number of rotatable bonds is 29. The molecule has 47 heavy (non-hydrogen) atoms. The summed E-state index contributed by atoms with van der Waals surface area (Å²) in [6, 6.07) is 0.0705. The van der Waals surface area contributed by atoms with E-state index in [4.69, 9.17) is 9.47 Å². The first kappa shape index (κ1) is 42.8. The van der Waals surface area contributed by atoms with Crippen LogP contribution in [0.15, 0.2) is 0 Å². The lowest BCUT2D eigenvalue weighted by molar-refractivity contribution is -0.305. The summed E-state index contributed by atoms with van der Waals surface area (Å²) in [5.74, 6) is -0.509. The number of hydrogen-bond donors (Lipinski definition) is 8. The van der Waals surface area contributed by atoms with Gasteiger partial charge in [0.1, 0.15) is 24.4 Å². The van der Waals surface area contributed by atoms with Gasteiger partial charge in [0.05, 0.1) is 25.4 Å². The van der Waals surface area contributed by atoms with Gasteiger partial charge >= 0.3 is 0 Å². The van der Waals surface area contributed by atoms with Crippen molar-refractivity contribution >= 4 is 0 Å². The Morgan fingerprint density at radius 1 is 0.660 bits per heavy atom. The van der Waals surface area contributed by atoms with Gasteiger partial charge in [-0.3, -0.25) is 10.9 Å². The monoisotopic (exact) mass is 675 g/mol. The van der Waals surface area contributed by atoms with Crippen LogP contribution in [0, 0.1) is 5.92 Å². The van der Waals surface area contributed by atoms with Gasteiger partial charge in [-0.2, -0.15) is 0 Å². The molecule has 0 aromatic rings. The second-order valence-electron chi connectivity index (χ2n) is 14.5. The molecule has 8 N–H and O–H groups in total. The fraction of sp³-hybridized carbons (Fsp3) is 1.00. The Hall–Kier alpha value is -0.400. The second kappa shape index (κ2) is 26.4. The Labute approximate surface area is 286 Å². The highest BCUT2D eigenvalue weighted by Gasteiger charge is 2.45. The molecule has 10 nitrogen and oxygen atoms in total. The van der Waals surface area contributed by atoms with Gasteiger partial charge in [-0.15, -0.1) is 0 Å². The van der Waals surface area contributed by atoms with Crippen LogP contribution in [0.3, 0.4) is 0 Å². The lowest BCUT2D eigenvalue weighted by Crippen LogP contribution is -2.59. The van der Waals surface area contributed by atoms with Crippen LogP contribution in [0.25, 0.3) is 0 Å². The largest absolute Gasteiger partial charge is 0.394 e. The number of ether oxygens (including phenoxy) is 2. The van der Waals surface area contributed by atoms with Crippen molar-refractivity contribution in [3.63, 3.8) is 0 Å². The van der Waals surface area contributed by atoms with Crippen molar-refractivity contribution in [3.05, 3.63) is 0 Å². The molecule has 2 rings (SSSR count). The van der Waals surface area contributed by atoms with Gasteiger partial charge < -0.3 is 40.1 Å². The fourth-order valence-electron chi connectivity index (χ4n) is 7.16. The fourth-order valence-corrected chi connectivity index (χ4v) is 7.16. The maximum atomic E-state index is 11.4. The number of nitrogens with one attached hydrogen (secondary N) is 2. The number of unbranched alkanes of at least 4 members (excludes halogenated alkanes) is 18. The number of aliphatic hydroxyl groups excluding tert-OH is 6. The van der Waals surface area contributed by atoms with Crippen molar-refractivity contribution < 1.29 is 40.1 Å². The molecule has 0 saturated carbocycles. The highest BCUT2D eigenvalue weighted by Crippen LogP contribution is 2.28. The Morgan fingerprint density at radius 3 is 1.70 bits per heavy atom. The predicted molar refractivity (Wildman–Crippen MR) is 187 cm³/mol. The molecule has 0 spiro atoms. The molecule has 7 unspecified atom stereocenters. The van der Waals surface area contributed by atoms with Crippen LogP contribution in [0.2, 0.25) is 0 Å². The smallest absolute Gasteiger partial charge is 0.186 e. The van der Waals surface area contributed by atoms with Gasteiger partial charge in [-0.25, -0.2) is 0 Å². The number of aliphatic hydroxyl groups is 6. The minimum atomic E-state index is -1.53. The molecule has 2 fully saturated rings. The molecular weight excluding hydrogens is 600 g/mol. The maximum absolute atomic E-state index is 11.4. The van der Waals surface area contributed by atoms with E-state index in [2.05, 4.69) is 24.7 Å². The van der Waals surface area contributed by atoms with Crippen LogP contribution in [-0.2, 0) is 9.47 Å². The summed E-state index contributed by atoms with van der Waals surface area (Å²) in [4.78, 5) is 0. The minimum Gasteiger partial charge on any atom is -0.394 e. The zero-order valence-corrected chi connectivity index (χ0v) is 30.0. The van der Waals surface area contributed by atoms with E-state index in [0.717, 1.165) is 38.5 Å². The molecule has 10 heteroatoms. The van der Waals surface area contributed by atoms with E-state index in [1.54, 1.807) is 0 Å². The van der Waals surface area contributed by atoms with Crippen molar-refractivity contribution in [3.8, 4) is 0 Å². The molecule has 0 aromatic carbocycles. The molecule has 10 atom stereocenters. The van der Waals surface area contributed by atoms with Crippen molar-refractivity contribution in [1.82, 2.24) is 10.9 Å². The van der Waals surface area contributed by atoms with E-state index < -0.39 is 55.4 Å². The molecule has 0 bridgehead atoms. The summed E-state index contributed by atoms with van der Waals surface area (Å²) in [5.41, 5.74) is 6.72. The zero-order chi connectivity index (χ0) is 34.3. The van der Waals surface area contributed by atoms with E-state index in [1.807, 2.05) is 0 Å². The summed E-state index contributed by atoms with van der Waals surface area (Å²) < 4.78 is 11.5. The molecule has 0 aliphatic carbocycles. The lowest BCUT2D eigenvalue weighted by atomic mass is 9.86. The van der Waals surface area contributed by atoms with E-state index in [0.29, 0.717) is 6.42 Å². The molecule has 280 valence electrons. The lowest BCUT2D eigenvalue weighted by Gasteiger charge is -2.40. The van der Waals surface area contributed by atoms with Crippen LogP contribution < -0.4 is 10.9 Å². The molecule has 2 saturated heterocycles. The average molecular weight is 675 g/mol. The van der Waals surface area contributed by atoms with Crippen molar-refractivity contribution in [2.75, 3.05) is 13.2 Å². The predicted octanol–water partition coefficient (Wildman–Crippen LogP) is 5.00. The maximum Gasteiger partial charge on any atom is 0.186 e. The molecule has 2 aliphatic rings. The van der Waals surface area contributed by atoms with Crippen LogP contribution in [-0.4, -0.2) is 98.9 Å². The minimum absolute atomic E-state index is 0.0385. The molecule has 0 amide bonds. The average Bonchev–Trinajstić information content (AvgIpc) is 3.54. The van der Waals surface area contributed by atoms with Gasteiger partial charge in [-0.05, 0) is 19.3 Å². The van der Waals surface area contributed by atoms with Gasteiger partial charge in [0, 0.05) is 18.0 Å². The van der Waals surface area contributed by atoms with E-state index in [9.17, 15) is 30.6 Å². The third-order valence-electron chi connectivity index (χ3n) is 10.4.